The zero-order valence-corrected chi connectivity index (χ0v) is 13.9. The Hall–Kier alpha value is -0.940. The van der Waals surface area contributed by atoms with E-state index in [-0.39, 0.29) is 6.10 Å². The van der Waals surface area contributed by atoms with Crippen LogP contribution in [0, 0.1) is 0 Å². The number of hydrogen-bond donors (Lipinski definition) is 2. The predicted octanol–water partition coefficient (Wildman–Crippen LogP) is 2.16. The van der Waals surface area contributed by atoms with Crippen molar-refractivity contribution in [3.05, 3.63) is 35.4 Å². The smallest absolute Gasteiger partial charge is 0.0564 e. The van der Waals surface area contributed by atoms with E-state index in [1.54, 1.807) is 7.11 Å². The first-order valence-corrected chi connectivity index (χ1v) is 8.38. The van der Waals surface area contributed by atoms with E-state index in [9.17, 15) is 5.11 Å². The minimum Gasteiger partial charge on any atom is -0.393 e. The highest BCUT2D eigenvalue weighted by atomic mass is 16.5. The van der Waals surface area contributed by atoms with Crippen LogP contribution < -0.4 is 5.32 Å². The molecule has 1 aliphatic heterocycles. The summed E-state index contributed by atoms with van der Waals surface area (Å²) in [6, 6.07) is 9.12. The van der Waals surface area contributed by atoms with Crippen LogP contribution in [0.15, 0.2) is 24.3 Å². The van der Waals surface area contributed by atoms with Gasteiger partial charge in [-0.15, -0.1) is 0 Å². The number of nitrogens with zero attached hydrogens (tertiary/aromatic N) is 1. The molecule has 1 fully saturated rings. The van der Waals surface area contributed by atoms with Gasteiger partial charge in [-0.05, 0) is 37.3 Å². The summed E-state index contributed by atoms with van der Waals surface area (Å²) in [5.41, 5.74) is 2.77. The van der Waals surface area contributed by atoms with Gasteiger partial charge in [-0.25, -0.2) is 0 Å². The number of benzene rings is 1. The quantitative estimate of drug-likeness (QED) is 0.772. The van der Waals surface area contributed by atoms with E-state index in [1.807, 2.05) is 0 Å². The van der Waals surface area contributed by atoms with Gasteiger partial charge in [0, 0.05) is 45.9 Å². The van der Waals surface area contributed by atoms with Crippen molar-refractivity contribution in [3.8, 4) is 0 Å². The molecule has 0 amide bonds. The molecule has 1 saturated heterocycles. The molecule has 124 valence electrons. The molecular formula is C18H30N2O2. The third kappa shape index (κ3) is 5.69. The molecule has 4 heteroatoms. The Kier molecular flexibility index (Phi) is 7.33. The maximum atomic E-state index is 9.62. The number of aliphatic hydroxyl groups is 1. The second-order valence-corrected chi connectivity index (χ2v) is 6.34. The lowest BCUT2D eigenvalue weighted by Crippen LogP contribution is -2.35. The highest BCUT2D eigenvalue weighted by Gasteiger charge is 2.17. The Morgan fingerprint density at radius 2 is 1.95 bits per heavy atom. The normalized spacial score (nSPS) is 18.5. The van der Waals surface area contributed by atoms with Crippen molar-refractivity contribution in [2.45, 2.75) is 51.4 Å². The van der Waals surface area contributed by atoms with Crippen LogP contribution in [0.4, 0.5) is 0 Å². The number of rotatable bonds is 8. The minimum atomic E-state index is -0.102. The third-order valence-electron chi connectivity index (χ3n) is 4.47. The van der Waals surface area contributed by atoms with Crippen LogP contribution in [-0.2, 0) is 17.8 Å². The van der Waals surface area contributed by atoms with Crippen molar-refractivity contribution < 1.29 is 9.84 Å². The monoisotopic (exact) mass is 306 g/mol. The Labute approximate surface area is 134 Å². The van der Waals surface area contributed by atoms with Gasteiger partial charge in [0.25, 0.3) is 0 Å². The lowest BCUT2D eigenvalue weighted by Gasteiger charge is -2.30. The van der Waals surface area contributed by atoms with Crippen molar-refractivity contribution in [2.24, 2.45) is 0 Å². The number of methoxy groups -OCH3 is 1. The summed E-state index contributed by atoms with van der Waals surface area (Å²) in [7, 11) is 1.75. The van der Waals surface area contributed by atoms with Crippen molar-refractivity contribution >= 4 is 0 Å². The number of likely N-dealkylation sites (tertiary alicyclic amines) is 1. The van der Waals surface area contributed by atoms with Gasteiger partial charge < -0.3 is 15.2 Å². The lowest BCUT2D eigenvalue weighted by atomic mass is 10.0. The van der Waals surface area contributed by atoms with Gasteiger partial charge in [-0.3, -0.25) is 4.90 Å². The minimum absolute atomic E-state index is 0.102. The molecule has 1 aromatic rings. The maximum Gasteiger partial charge on any atom is 0.0564 e. The van der Waals surface area contributed by atoms with Gasteiger partial charge in [0.1, 0.15) is 0 Å². The molecule has 1 aromatic carbocycles. The van der Waals surface area contributed by atoms with E-state index >= 15 is 0 Å². The van der Waals surface area contributed by atoms with E-state index in [0.717, 1.165) is 52.0 Å². The van der Waals surface area contributed by atoms with E-state index in [2.05, 4.69) is 41.4 Å². The average molecular weight is 306 g/mol. The summed E-state index contributed by atoms with van der Waals surface area (Å²) in [6.07, 6.45) is 2.72. The highest BCUT2D eigenvalue weighted by Crippen LogP contribution is 2.16. The van der Waals surface area contributed by atoms with Crippen molar-refractivity contribution in [2.75, 3.05) is 26.8 Å². The zero-order valence-electron chi connectivity index (χ0n) is 13.9. The van der Waals surface area contributed by atoms with E-state index < -0.39 is 0 Å². The Morgan fingerprint density at radius 1 is 1.27 bits per heavy atom. The number of ether oxygens (including phenoxy) is 1. The van der Waals surface area contributed by atoms with Gasteiger partial charge in [-0.1, -0.05) is 24.3 Å². The standard InChI is InChI=1S/C18H30N2O2/c1-15(9-12-22-2)19-13-16-5-3-4-6-17(16)14-20-10-7-18(21)8-11-20/h3-6,15,18-19,21H,7-14H2,1-2H3. The maximum absolute atomic E-state index is 9.62. The number of nitrogens with one attached hydrogen (secondary N) is 1. The van der Waals surface area contributed by atoms with Crippen LogP contribution in [0.3, 0.4) is 0 Å². The Balaban J connectivity index is 1.86. The molecule has 2 rings (SSSR count). The van der Waals surface area contributed by atoms with Gasteiger partial charge in [-0.2, -0.15) is 0 Å². The van der Waals surface area contributed by atoms with E-state index in [0.29, 0.717) is 6.04 Å². The van der Waals surface area contributed by atoms with Crippen molar-refractivity contribution in [1.29, 1.82) is 0 Å². The molecular weight excluding hydrogens is 276 g/mol. The fraction of sp³-hybridized carbons (Fsp3) is 0.667. The number of aliphatic hydroxyl groups excluding tert-OH is 1. The Bertz CT molecular complexity index is 431. The van der Waals surface area contributed by atoms with E-state index in [4.69, 9.17) is 4.74 Å². The second-order valence-electron chi connectivity index (χ2n) is 6.34. The summed E-state index contributed by atoms with van der Waals surface area (Å²) in [5, 5.41) is 13.2. The summed E-state index contributed by atoms with van der Waals surface area (Å²) < 4.78 is 5.13. The summed E-state index contributed by atoms with van der Waals surface area (Å²) >= 11 is 0. The van der Waals surface area contributed by atoms with Crippen LogP contribution in [0.25, 0.3) is 0 Å². The first kappa shape index (κ1) is 17.4. The van der Waals surface area contributed by atoms with Gasteiger partial charge in [0.15, 0.2) is 0 Å². The predicted molar refractivity (Wildman–Crippen MR) is 89.8 cm³/mol. The molecule has 0 aliphatic carbocycles. The molecule has 1 aliphatic rings. The second kappa shape index (κ2) is 9.26. The highest BCUT2D eigenvalue weighted by molar-refractivity contribution is 5.27. The number of hydrogen-bond acceptors (Lipinski definition) is 4. The molecule has 0 saturated carbocycles. The topological polar surface area (TPSA) is 44.7 Å². The average Bonchev–Trinajstić information content (AvgIpc) is 2.54. The first-order chi connectivity index (χ1) is 10.7. The molecule has 2 N–H and O–H groups in total. The van der Waals surface area contributed by atoms with Crippen molar-refractivity contribution in [3.63, 3.8) is 0 Å². The Morgan fingerprint density at radius 3 is 2.64 bits per heavy atom. The van der Waals surface area contributed by atoms with Crippen LogP contribution in [-0.4, -0.2) is 49.0 Å². The summed E-state index contributed by atoms with van der Waals surface area (Å²) in [5.74, 6) is 0. The molecule has 0 radical (unpaired) electrons. The first-order valence-electron chi connectivity index (χ1n) is 8.38. The fourth-order valence-electron chi connectivity index (χ4n) is 2.88. The summed E-state index contributed by atoms with van der Waals surface area (Å²) in [4.78, 5) is 2.44. The molecule has 0 spiro atoms. The van der Waals surface area contributed by atoms with Gasteiger partial charge in [0.2, 0.25) is 0 Å². The molecule has 1 heterocycles. The van der Waals surface area contributed by atoms with Gasteiger partial charge >= 0.3 is 0 Å². The molecule has 0 bridgehead atoms. The zero-order chi connectivity index (χ0) is 15.8. The van der Waals surface area contributed by atoms with Gasteiger partial charge in [0.05, 0.1) is 6.10 Å². The largest absolute Gasteiger partial charge is 0.393 e. The molecule has 0 aromatic heterocycles. The lowest BCUT2D eigenvalue weighted by molar-refractivity contribution is 0.0791. The molecule has 4 nitrogen and oxygen atoms in total. The number of piperidine rings is 1. The molecule has 22 heavy (non-hydrogen) atoms. The van der Waals surface area contributed by atoms with Crippen LogP contribution in [0.5, 0.6) is 0 Å². The van der Waals surface area contributed by atoms with Crippen molar-refractivity contribution in [1.82, 2.24) is 10.2 Å². The van der Waals surface area contributed by atoms with E-state index in [1.165, 1.54) is 11.1 Å². The van der Waals surface area contributed by atoms with Crippen LogP contribution in [0.2, 0.25) is 0 Å². The third-order valence-corrected chi connectivity index (χ3v) is 4.47. The molecule has 1 unspecified atom stereocenters. The SMILES string of the molecule is COCCC(C)NCc1ccccc1CN1CCC(O)CC1. The molecule has 1 atom stereocenters. The van der Waals surface area contributed by atoms with Crippen LogP contribution >= 0.6 is 0 Å². The summed E-state index contributed by atoms with van der Waals surface area (Å²) in [6.45, 7) is 6.87. The van der Waals surface area contributed by atoms with Crippen LogP contribution in [0.1, 0.15) is 37.3 Å². The fourth-order valence-corrected chi connectivity index (χ4v) is 2.88.